The van der Waals surface area contributed by atoms with E-state index in [1.807, 2.05) is 0 Å². The van der Waals surface area contributed by atoms with Crippen LogP contribution >= 0.6 is 0 Å². The number of benzene rings is 1. The standard InChI is InChI=1S/C12H11F3O2S/c1-4-11(2,3)9-6-5-7-10(8-9)18(16,17)12(13,14)15/h1,5-8H,2-3H3. The van der Waals surface area contributed by atoms with Gasteiger partial charge in [-0.2, -0.15) is 13.2 Å². The van der Waals surface area contributed by atoms with E-state index in [0.29, 0.717) is 5.56 Å². The van der Waals surface area contributed by atoms with E-state index in [9.17, 15) is 21.6 Å². The lowest BCUT2D eigenvalue weighted by molar-refractivity contribution is -0.0436. The number of terminal acetylenes is 1. The zero-order valence-corrected chi connectivity index (χ0v) is 10.6. The zero-order valence-electron chi connectivity index (χ0n) is 9.75. The summed E-state index contributed by atoms with van der Waals surface area (Å²) >= 11 is 0. The fourth-order valence-corrected chi connectivity index (χ4v) is 2.08. The predicted molar refractivity (Wildman–Crippen MR) is 61.5 cm³/mol. The molecule has 0 atom stereocenters. The summed E-state index contributed by atoms with van der Waals surface area (Å²) in [5, 5.41) is 0. The Bertz CT molecular complexity index is 592. The Kier molecular flexibility index (Phi) is 3.50. The molecule has 0 heterocycles. The average molecular weight is 276 g/mol. The van der Waals surface area contributed by atoms with E-state index >= 15 is 0 Å². The van der Waals surface area contributed by atoms with E-state index in [4.69, 9.17) is 6.42 Å². The molecule has 0 amide bonds. The van der Waals surface area contributed by atoms with Gasteiger partial charge in [-0.05, 0) is 31.5 Å². The molecule has 1 rings (SSSR count). The first-order valence-corrected chi connectivity index (χ1v) is 6.40. The fourth-order valence-electron chi connectivity index (χ4n) is 1.27. The molecule has 0 bridgehead atoms. The van der Waals surface area contributed by atoms with Gasteiger partial charge in [-0.15, -0.1) is 6.42 Å². The molecule has 0 aliphatic carbocycles. The van der Waals surface area contributed by atoms with Crippen molar-refractivity contribution in [3.63, 3.8) is 0 Å². The molecule has 2 nitrogen and oxygen atoms in total. The third kappa shape index (κ3) is 2.51. The maximum absolute atomic E-state index is 12.4. The van der Waals surface area contributed by atoms with Crippen LogP contribution in [0.15, 0.2) is 29.2 Å². The van der Waals surface area contributed by atoms with Crippen molar-refractivity contribution < 1.29 is 21.6 Å². The van der Waals surface area contributed by atoms with Crippen LogP contribution in [0.5, 0.6) is 0 Å². The molecule has 18 heavy (non-hydrogen) atoms. The van der Waals surface area contributed by atoms with E-state index in [-0.39, 0.29) is 0 Å². The first-order valence-electron chi connectivity index (χ1n) is 4.92. The predicted octanol–water partition coefficient (Wildman–Crippen LogP) is 2.89. The zero-order chi connectivity index (χ0) is 14.2. The van der Waals surface area contributed by atoms with Crippen molar-refractivity contribution >= 4 is 9.84 Å². The minimum absolute atomic E-state index is 0.343. The van der Waals surface area contributed by atoms with Gasteiger partial charge in [-0.3, -0.25) is 0 Å². The van der Waals surface area contributed by atoms with Crippen LogP contribution in [0, 0.1) is 12.3 Å². The van der Waals surface area contributed by atoms with Crippen LogP contribution in [0.3, 0.4) is 0 Å². The lowest BCUT2D eigenvalue weighted by Crippen LogP contribution is -2.24. The van der Waals surface area contributed by atoms with Gasteiger partial charge in [0.2, 0.25) is 0 Å². The molecule has 0 aliphatic rings. The van der Waals surface area contributed by atoms with Gasteiger partial charge >= 0.3 is 5.51 Å². The summed E-state index contributed by atoms with van der Waals surface area (Å²) in [6, 6.07) is 4.60. The van der Waals surface area contributed by atoms with Crippen molar-refractivity contribution in [3.05, 3.63) is 29.8 Å². The molecule has 0 aliphatic heterocycles. The second-order valence-electron chi connectivity index (χ2n) is 4.25. The molecular weight excluding hydrogens is 265 g/mol. The number of halogens is 3. The summed E-state index contributed by atoms with van der Waals surface area (Å²) in [4.78, 5) is -0.796. The van der Waals surface area contributed by atoms with Gasteiger partial charge in [0, 0.05) is 0 Å². The number of hydrogen-bond acceptors (Lipinski definition) is 2. The molecule has 0 N–H and O–H groups in total. The number of rotatable bonds is 2. The Morgan fingerprint density at radius 3 is 2.22 bits per heavy atom. The largest absolute Gasteiger partial charge is 0.501 e. The van der Waals surface area contributed by atoms with Gasteiger partial charge in [0.25, 0.3) is 9.84 Å². The third-order valence-electron chi connectivity index (χ3n) is 2.53. The maximum Gasteiger partial charge on any atom is 0.501 e. The molecule has 1 aromatic carbocycles. The second-order valence-corrected chi connectivity index (χ2v) is 6.19. The van der Waals surface area contributed by atoms with Crippen LogP contribution in [0.4, 0.5) is 13.2 Å². The van der Waals surface area contributed by atoms with Crippen LogP contribution < -0.4 is 0 Å². The number of alkyl halides is 3. The van der Waals surface area contributed by atoms with E-state index in [1.165, 1.54) is 12.1 Å². The molecule has 0 unspecified atom stereocenters. The second kappa shape index (κ2) is 4.32. The summed E-state index contributed by atoms with van der Waals surface area (Å²) in [7, 11) is -5.34. The van der Waals surface area contributed by atoms with Gasteiger partial charge < -0.3 is 0 Å². The van der Waals surface area contributed by atoms with Crippen LogP contribution in [-0.4, -0.2) is 13.9 Å². The first kappa shape index (κ1) is 14.6. The highest BCUT2D eigenvalue weighted by molar-refractivity contribution is 7.92. The molecule has 0 saturated heterocycles. The number of hydrogen-bond donors (Lipinski definition) is 0. The monoisotopic (exact) mass is 276 g/mol. The van der Waals surface area contributed by atoms with Crippen molar-refractivity contribution in [2.45, 2.75) is 29.7 Å². The third-order valence-corrected chi connectivity index (χ3v) is 4.02. The Morgan fingerprint density at radius 1 is 1.22 bits per heavy atom. The summed E-state index contributed by atoms with van der Waals surface area (Å²) in [6.45, 7) is 3.23. The average Bonchev–Trinajstić information content (AvgIpc) is 2.27. The first-order chi connectivity index (χ1) is 8.02. The normalized spacial score (nSPS) is 13.1. The summed E-state index contributed by atoms with van der Waals surface area (Å²) in [6.07, 6.45) is 5.26. The Morgan fingerprint density at radius 2 is 1.78 bits per heavy atom. The van der Waals surface area contributed by atoms with E-state index in [0.717, 1.165) is 12.1 Å². The summed E-state index contributed by atoms with van der Waals surface area (Å²) in [5.41, 5.74) is -5.81. The number of sulfone groups is 1. The molecule has 0 fully saturated rings. The molecule has 6 heteroatoms. The Balaban J connectivity index is 3.42. The van der Waals surface area contributed by atoms with Gasteiger partial charge in [-0.25, -0.2) is 8.42 Å². The van der Waals surface area contributed by atoms with Crippen molar-refractivity contribution in [1.82, 2.24) is 0 Å². The van der Waals surface area contributed by atoms with E-state index in [2.05, 4.69) is 5.92 Å². The van der Waals surface area contributed by atoms with Crippen molar-refractivity contribution in [3.8, 4) is 12.3 Å². The minimum atomic E-state index is -5.34. The molecule has 0 saturated carbocycles. The molecule has 0 radical (unpaired) electrons. The molecular formula is C12H11F3O2S. The quantitative estimate of drug-likeness (QED) is 0.778. The lowest BCUT2D eigenvalue weighted by atomic mass is 9.86. The lowest BCUT2D eigenvalue weighted by Gasteiger charge is -2.19. The van der Waals surface area contributed by atoms with Crippen LogP contribution in [-0.2, 0) is 15.3 Å². The van der Waals surface area contributed by atoms with E-state index in [1.54, 1.807) is 13.8 Å². The Labute approximate surface area is 104 Å². The summed E-state index contributed by atoms with van der Waals surface area (Å²) in [5.74, 6) is 2.40. The smallest absolute Gasteiger partial charge is 0.214 e. The highest BCUT2D eigenvalue weighted by atomic mass is 32.2. The van der Waals surface area contributed by atoms with Gasteiger partial charge in [0.15, 0.2) is 0 Å². The van der Waals surface area contributed by atoms with Crippen LogP contribution in [0.2, 0.25) is 0 Å². The Hall–Kier alpha value is -1.48. The molecule has 98 valence electrons. The highest BCUT2D eigenvalue weighted by Crippen LogP contribution is 2.32. The highest BCUT2D eigenvalue weighted by Gasteiger charge is 2.47. The SMILES string of the molecule is C#CC(C)(C)c1cccc(S(=O)(=O)C(F)(F)F)c1. The van der Waals surface area contributed by atoms with Crippen molar-refractivity contribution in [2.75, 3.05) is 0 Å². The molecule has 0 spiro atoms. The van der Waals surface area contributed by atoms with E-state index < -0.39 is 25.7 Å². The summed E-state index contributed by atoms with van der Waals surface area (Å²) < 4.78 is 59.7. The maximum atomic E-state index is 12.4. The fraction of sp³-hybridized carbons (Fsp3) is 0.333. The van der Waals surface area contributed by atoms with Gasteiger partial charge in [0.05, 0.1) is 10.3 Å². The van der Waals surface area contributed by atoms with Crippen LogP contribution in [0.25, 0.3) is 0 Å². The van der Waals surface area contributed by atoms with Crippen molar-refractivity contribution in [1.29, 1.82) is 0 Å². The van der Waals surface area contributed by atoms with Crippen LogP contribution in [0.1, 0.15) is 19.4 Å². The molecule has 1 aromatic rings. The topological polar surface area (TPSA) is 34.1 Å². The van der Waals surface area contributed by atoms with Crippen molar-refractivity contribution in [2.24, 2.45) is 0 Å². The molecule has 0 aromatic heterocycles. The minimum Gasteiger partial charge on any atom is -0.214 e. The van der Waals surface area contributed by atoms with Gasteiger partial charge in [0.1, 0.15) is 0 Å². The van der Waals surface area contributed by atoms with Gasteiger partial charge in [-0.1, -0.05) is 18.1 Å².